The summed E-state index contributed by atoms with van der Waals surface area (Å²) in [6, 6.07) is 0. The van der Waals surface area contributed by atoms with Gasteiger partial charge in [0, 0.05) is 6.54 Å². The van der Waals surface area contributed by atoms with Gasteiger partial charge in [0.2, 0.25) is 0 Å². The lowest BCUT2D eigenvalue weighted by atomic mass is 10.1. The number of rotatable bonds is 5. The second-order valence-electron chi connectivity index (χ2n) is 5.82. The van der Waals surface area contributed by atoms with Crippen molar-refractivity contribution in [1.29, 1.82) is 0 Å². The predicted molar refractivity (Wildman–Crippen MR) is 67.0 cm³/mol. The molecule has 100 valence electrons. The van der Waals surface area contributed by atoms with E-state index in [1.807, 2.05) is 34.6 Å². The zero-order chi connectivity index (χ0) is 13.7. The van der Waals surface area contributed by atoms with Crippen LogP contribution in [-0.2, 0) is 9.53 Å². The number of ketones is 1. The molecule has 0 radical (unpaired) electrons. The van der Waals surface area contributed by atoms with Gasteiger partial charge in [-0.2, -0.15) is 0 Å². The normalized spacial score (nSPS) is 12.1. The van der Waals surface area contributed by atoms with Crippen LogP contribution in [-0.4, -0.2) is 36.1 Å². The summed E-state index contributed by atoms with van der Waals surface area (Å²) in [5.41, 5.74) is -0.968. The molecular formula is C12H24N2O3. The molecule has 0 rings (SSSR count). The molecule has 2 N–H and O–H groups in total. The molecule has 0 aromatic rings. The summed E-state index contributed by atoms with van der Waals surface area (Å²) in [6.07, 6.45) is -0.452. The zero-order valence-electron chi connectivity index (χ0n) is 11.6. The molecule has 0 unspecified atom stereocenters. The van der Waals surface area contributed by atoms with Crippen molar-refractivity contribution in [2.45, 2.75) is 52.7 Å². The molecule has 0 saturated heterocycles. The van der Waals surface area contributed by atoms with E-state index in [1.54, 1.807) is 0 Å². The van der Waals surface area contributed by atoms with Gasteiger partial charge < -0.3 is 15.4 Å². The Balaban J connectivity index is 4.07. The smallest absolute Gasteiger partial charge is 0.408 e. The second-order valence-corrected chi connectivity index (χ2v) is 5.82. The van der Waals surface area contributed by atoms with E-state index >= 15 is 0 Å². The summed E-state index contributed by atoms with van der Waals surface area (Å²) < 4.78 is 5.16. The summed E-state index contributed by atoms with van der Waals surface area (Å²) >= 11 is 0. The number of hydrogen-bond donors (Lipinski definition) is 2. The molecule has 0 atom stereocenters. The number of amides is 1. The summed E-state index contributed by atoms with van der Waals surface area (Å²) in [7, 11) is 0. The molecule has 5 nitrogen and oxygen atoms in total. The van der Waals surface area contributed by atoms with Crippen LogP contribution in [0.2, 0.25) is 0 Å². The lowest BCUT2D eigenvalue weighted by Crippen LogP contribution is -2.52. The Morgan fingerprint density at radius 2 is 1.65 bits per heavy atom. The largest absolute Gasteiger partial charge is 0.444 e. The van der Waals surface area contributed by atoms with Crippen LogP contribution in [0.3, 0.4) is 0 Å². The molecule has 1 amide bonds. The van der Waals surface area contributed by atoms with Gasteiger partial charge in [-0.25, -0.2) is 4.79 Å². The maximum Gasteiger partial charge on any atom is 0.408 e. The van der Waals surface area contributed by atoms with E-state index in [-0.39, 0.29) is 5.78 Å². The summed E-state index contributed by atoms with van der Waals surface area (Å²) in [4.78, 5) is 22.3. The van der Waals surface area contributed by atoms with Crippen molar-refractivity contribution in [3.8, 4) is 0 Å². The predicted octanol–water partition coefficient (Wildman–Crippen LogP) is 1.47. The van der Waals surface area contributed by atoms with Gasteiger partial charge in [-0.1, -0.05) is 0 Å². The molecule has 0 saturated carbocycles. The zero-order valence-corrected chi connectivity index (χ0v) is 11.6. The molecule has 5 heteroatoms. The Bertz CT molecular complexity index is 280. The van der Waals surface area contributed by atoms with Crippen molar-refractivity contribution < 1.29 is 14.3 Å². The molecule has 0 aliphatic carbocycles. The van der Waals surface area contributed by atoms with E-state index in [1.165, 1.54) is 6.92 Å². The van der Waals surface area contributed by atoms with E-state index < -0.39 is 17.2 Å². The van der Waals surface area contributed by atoms with E-state index in [4.69, 9.17) is 4.74 Å². The number of Topliss-reactive ketones (excluding diaryl/α,β-unsaturated/α-hetero) is 1. The first-order valence-electron chi connectivity index (χ1n) is 5.73. The van der Waals surface area contributed by atoms with Crippen molar-refractivity contribution in [2.24, 2.45) is 0 Å². The molecule has 0 heterocycles. The third-order valence-electron chi connectivity index (χ3n) is 1.78. The van der Waals surface area contributed by atoms with Gasteiger partial charge in [-0.3, -0.25) is 4.79 Å². The number of hydrogen-bond acceptors (Lipinski definition) is 4. The number of nitrogens with one attached hydrogen (secondary N) is 2. The molecular weight excluding hydrogens is 220 g/mol. The first kappa shape index (κ1) is 15.9. The second kappa shape index (κ2) is 6.00. The Morgan fingerprint density at radius 1 is 1.12 bits per heavy atom. The summed E-state index contributed by atoms with van der Waals surface area (Å²) in [5, 5.41) is 5.73. The van der Waals surface area contributed by atoms with E-state index in [9.17, 15) is 9.59 Å². The highest BCUT2D eigenvalue weighted by atomic mass is 16.6. The lowest BCUT2D eigenvalue weighted by molar-refractivity contribution is -0.116. The number of carbonyl (C=O) groups excluding carboxylic acids is 2. The first-order chi connectivity index (χ1) is 7.52. The maximum absolute atomic E-state index is 11.5. The maximum atomic E-state index is 11.5. The van der Waals surface area contributed by atoms with Crippen molar-refractivity contribution in [1.82, 2.24) is 10.6 Å². The standard InChI is InChI=1S/C12H24N2O3/c1-9(15)7-13-8-12(5,6)14-10(16)17-11(2,3)4/h13H,7-8H2,1-6H3,(H,14,16). The van der Waals surface area contributed by atoms with Crippen molar-refractivity contribution in [2.75, 3.05) is 13.1 Å². The molecule has 17 heavy (non-hydrogen) atoms. The molecule has 0 aliphatic heterocycles. The number of carbonyl (C=O) groups is 2. The minimum absolute atomic E-state index is 0.0677. The van der Waals surface area contributed by atoms with Crippen LogP contribution in [0.15, 0.2) is 0 Å². The Labute approximate surface area is 103 Å². The molecule has 0 spiro atoms. The van der Waals surface area contributed by atoms with E-state index in [2.05, 4.69) is 10.6 Å². The average Bonchev–Trinajstić information content (AvgIpc) is 1.96. The fourth-order valence-corrected chi connectivity index (χ4v) is 1.18. The van der Waals surface area contributed by atoms with Gasteiger partial charge >= 0.3 is 6.09 Å². The van der Waals surface area contributed by atoms with Gasteiger partial charge in [-0.05, 0) is 41.5 Å². The summed E-state index contributed by atoms with van der Waals surface area (Å²) in [5.74, 6) is 0.0677. The molecule has 0 bridgehead atoms. The fraction of sp³-hybridized carbons (Fsp3) is 0.833. The molecule has 0 fully saturated rings. The third-order valence-corrected chi connectivity index (χ3v) is 1.78. The van der Waals surface area contributed by atoms with Crippen molar-refractivity contribution in [3.63, 3.8) is 0 Å². The van der Waals surface area contributed by atoms with Crippen molar-refractivity contribution >= 4 is 11.9 Å². The van der Waals surface area contributed by atoms with Gasteiger partial charge in [0.15, 0.2) is 0 Å². The van der Waals surface area contributed by atoms with Crippen LogP contribution < -0.4 is 10.6 Å². The number of ether oxygens (including phenoxy) is 1. The number of alkyl carbamates (subject to hydrolysis) is 1. The minimum Gasteiger partial charge on any atom is -0.444 e. The van der Waals surface area contributed by atoms with Crippen molar-refractivity contribution in [3.05, 3.63) is 0 Å². The quantitative estimate of drug-likeness (QED) is 0.768. The lowest BCUT2D eigenvalue weighted by Gasteiger charge is -2.28. The SMILES string of the molecule is CC(=O)CNCC(C)(C)NC(=O)OC(C)(C)C. The topological polar surface area (TPSA) is 67.4 Å². The van der Waals surface area contributed by atoms with E-state index in [0.29, 0.717) is 13.1 Å². The monoisotopic (exact) mass is 244 g/mol. The Hall–Kier alpha value is -1.10. The third kappa shape index (κ3) is 9.81. The van der Waals surface area contributed by atoms with Crippen LogP contribution in [0, 0.1) is 0 Å². The Kier molecular flexibility index (Phi) is 5.61. The molecule has 0 aromatic heterocycles. The minimum atomic E-state index is -0.507. The molecule has 0 aromatic carbocycles. The highest BCUT2D eigenvalue weighted by Gasteiger charge is 2.24. The summed E-state index contributed by atoms with van der Waals surface area (Å²) in [6.45, 7) is 11.5. The first-order valence-corrected chi connectivity index (χ1v) is 5.73. The Morgan fingerprint density at radius 3 is 2.06 bits per heavy atom. The van der Waals surface area contributed by atoms with Gasteiger partial charge in [0.25, 0.3) is 0 Å². The van der Waals surface area contributed by atoms with Crippen LogP contribution in [0.25, 0.3) is 0 Å². The molecule has 0 aliphatic rings. The average molecular weight is 244 g/mol. The van der Waals surface area contributed by atoms with Gasteiger partial charge in [0.05, 0.1) is 12.1 Å². The fourth-order valence-electron chi connectivity index (χ4n) is 1.18. The van der Waals surface area contributed by atoms with Crippen LogP contribution in [0.5, 0.6) is 0 Å². The van der Waals surface area contributed by atoms with Crippen LogP contribution in [0.4, 0.5) is 4.79 Å². The van der Waals surface area contributed by atoms with Crippen LogP contribution >= 0.6 is 0 Å². The van der Waals surface area contributed by atoms with E-state index in [0.717, 1.165) is 0 Å². The van der Waals surface area contributed by atoms with Gasteiger partial charge in [0.1, 0.15) is 11.4 Å². The van der Waals surface area contributed by atoms with Gasteiger partial charge in [-0.15, -0.1) is 0 Å². The highest BCUT2D eigenvalue weighted by Crippen LogP contribution is 2.08. The highest BCUT2D eigenvalue weighted by molar-refractivity contribution is 5.77. The van der Waals surface area contributed by atoms with Crippen LogP contribution in [0.1, 0.15) is 41.5 Å².